The fraction of sp³-hybridized carbons (Fsp3) is 0.288. The van der Waals surface area contributed by atoms with Crippen molar-refractivity contribution in [1.29, 1.82) is 0 Å². The van der Waals surface area contributed by atoms with Gasteiger partial charge in [-0.1, -0.05) is 145 Å². The average molecular weight is 865 g/mol. The highest BCUT2D eigenvalue weighted by Crippen LogP contribution is 2.39. The van der Waals surface area contributed by atoms with Crippen LogP contribution < -0.4 is 10.0 Å². The first-order valence-corrected chi connectivity index (χ1v) is 23.2. The molecular weight excluding hydrogens is 809 g/mol. The van der Waals surface area contributed by atoms with E-state index in [1.807, 2.05) is 85.8 Å². The first-order valence-electron chi connectivity index (χ1n) is 21.8. The summed E-state index contributed by atoms with van der Waals surface area (Å²) in [6.07, 6.45) is 0.156. The Bertz CT molecular complexity index is 2500. The highest BCUT2D eigenvalue weighted by atomic mass is 32.2. The number of rotatable bonds is 16. The molecule has 63 heavy (non-hydrogen) atoms. The third kappa shape index (κ3) is 12.0. The molecule has 2 saturated heterocycles. The maximum atomic E-state index is 13.7. The van der Waals surface area contributed by atoms with E-state index >= 15 is 0 Å². The van der Waals surface area contributed by atoms with Crippen LogP contribution in [-0.2, 0) is 50.4 Å². The Morgan fingerprint density at radius 1 is 0.683 bits per heavy atom. The van der Waals surface area contributed by atoms with E-state index in [4.69, 9.17) is 9.47 Å². The normalized spacial score (nSPS) is 19.0. The van der Waals surface area contributed by atoms with Gasteiger partial charge in [0.2, 0.25) is 15.9 Å². The van der Waals surface area contributed by atoms with Crippen LogP contribution in [0.15, 0.2) is 163 Å². The Balaban J connectivity index is 0.924. The second kappa shape index (κ2) is 20.8. The number of hydrogen-bond acceptors (Lipinski definition) is 8. The summed E-state index contributed by atoms with van der Waals surface area (Å²) < 4.78 is 42.8. The third-order valence-corrected chi connectivity index (χ3v) is 13.4. The van der Waals surface area contributed by atoms with Gasteiger partial charge in [0.25, 0.3) is 0 Å². The Labute approximate surface area is 371 Å². The number of hydrogen-bond donors (Lipinski definition) is 3. The van der Waals surface area contributed by atoms with Crippen molar-refractivity contribution in [2.24, 2.45) is 0 Å². The minimum absolute atomic E-state index is 0.00554. The van der Waals surface area contributed by atoms with Gasteiger partial charge >= 0.3 is 0 Å². The van der Waals surface area contributed by atoms with Crippen molar-refractivity contribution in [2.75, 3.05) is 32.7 Å². The lowest BCUT2D eigenvalue weighted by atomic mass is 9.98. The summed E-state index contributed by atoms with van der Waals surface area (Å²) >= 11 is 0. The van der Waals surface area contributed by atoms with Crippen LogP contribution in [0.25, 0.3) is 11.1 Å². The van der Waals surface area contributed by atoms with Crippen molar-refractivity contribution in [3.8, 4) is 11.1 Å². The fourth-order valence-corrected chi connectivity index (χ4v) is 9.50. The summed E-state index contributed by atoms with van der Waals surface area (Å²) in [7, 11) is -3.96. The summed E-state index contributed by atoms with van der Waals surface area (Å²) in [5.41, 5.74) is 8.83. The number of ether oxygens (including phenoxy) is 2. The van der Waals surface area contributed by atoms with Crippen molar-refractivity contribution >= 4 is 15.9 Å². The molecule has 11 heteroatoms. The molecule has 10 nitrogen and oxygen atoms in total. The Hall–Kier alpha value is -5.50. The zero-order chi connectivity index (χ0) is 43.6. The molecule has 3 N–H and O–H groups in total. The van der Waals surface area contributed by atoms with Gasteiger partial charge in [0.05, 0.1) is 23.7 Å². The van der Waals surface area contributed by atoms with Gasteiger partial charge in [0, 0.05) is 57.8 Å². The molecule has 0 bridgehead atoms. The maximum absolute atomic E-state index is 13.7. The molecule has 4 atom stereocenters. The standard InChI is InChI=1S/C52H56N4O6S/c1-38-15-25-48(26-16-38)63(59,60)54-49(32-39-9-4-2-5-10-39)51(58)53-34-42-13-8-14-46(31-42)43-21-23-45(24-22-43)52-61-47(33-50(62-52)44-19-17-41(37-57)18-20-44)36-56-29-27-55(28-30-56)35-40-11-6-3-7-12-40/h2-26,31,47,49-50,52,54,57H,27-30,32-37H2,1H3,(H,53,58). The van der Waals surface area contributed by atoms with Crippen LogP contribution in [0, 0.1) is 6.92 Å². The Morgan fingerprint density at radius 2 is 1.32 bits per heavy atom. The minimum atomic E-state index is -3.96. The smallest absolute Gasteiger partial charge is 0.241 e. The molecule has 2 aliphatic rings. The van der Waals surface area contributed by atoms with Gasteiger partial charge in [-0.05, 0) is 70.5 Å². The van der Waals surface area contributed by atoms with Crippen molar-refractivity contribution in [3.63, 3.8) is 0 Å². The number of carbonyl (C=O) groups excluding carboxylic acids is 1. The van der Waals surface area contributed by atoms with Gasteiger partial charge in [0.1, 0.15) is 6.04 Å². The third-order valence-electron chi connectivity index (χ3n) is 11.9. The molecular formula is C52H56N4O6S. The van der Waals surface area contributed by atoms with Crippen LogP contribution >= 0.6 is 0 Å². The lowest BCUT2D eigenvalue weighted by Crippen LogP contribution is -2.49. The molecule has 2 fully saturated rings. The van der Waals surface area contributed by atoms with Crippen LogP contribution in [-0.4, -0.2) is 74.1 Å². The van der Waals surface area contributed by atoms with Crippen molar-refractivity contribution < 1.29 is 27.8 Å². The molecule has 1 amide bonds. The molecule has 8 rings (SSSR count). The van der Waals surface area contributed by atoms with Gasteiger partial charge in [0.15, 0.2) is 6.29 Å². The molecule has 4 unspecified atom stereocenters. The maximum Gasteiger partial charge on any atom is 0.241 e. The van der Waals surface area contributed by atoms with E-state index in [0.29, 0.717) is 0 Å². The number of aryl methyl sites for hydroxylation is 1. The van der Waals surface area contributed by atoms with E-state index in [2.05, 4.69) is 74.4 Å². The molecule has 0 aromatic heterocycles. The first kappa shape index (κ1) is 44.1. The van der Waals surface area contributed by atoms with Crippen LogP contribution in [0.3, 0.4) is 0 Å². The van der Waals surface area contributed by atoms with E-state index in [1.165, 1.54) is 5.56 Å². The summed E-state index contributed by atoms with van der Waals surface area (Å²) in [5, 5.41) is 12.6. The number of nitrogens with zero attached hydrogens (tertiary/aromatic N) is 2. The van der Waals surface area contributed by atoms with E-state index in [1.54, 1.807) is 24.3 Å². The van der Waals surface area contributed by atoms with E-state index < -0.39 is 28.3 Å². The van der Waals surface area contributed by atoms with Crippen molar-refractivity contribution in [1.82, 2.24) is 19.8 Å². The highest BCUT2D eigenvalue weighted by Gasteiger charge is 2.34. The van der Waals surface area contributed by atoms with Crippen LogP contribution in [0.1, 0.15) is 57.8 Å². The van der Waals surface area contributed by atoms with E-state index in [9.17, 15) is 18.3 Å². The number of nitrogens with one attached hydrogen (secondary N) is 2. The van der Waals surface area contributed by atoms with Gasteiger partial charge < -0.3 is 19.9 Å². The quantitative estimate of drug-likeness (QED) is 0.0906. The largest absolute Gasteiger partial charge is 0.392 e. The second-order valence-electron chi connectivity index (χ2n) is 16.6. The van der Waals surface area contributed by atoms with E-state index in [-0.39, 0.29) is 36.7 Å². The molecule has 2 heterocycles. The molecule has 326 valence electrons. The van der Waals surface area contributed by atoms with Gasteiger partial charge in [-0.25, -0.2) is 8.42 Å². The molecule has 0 saturated carbocycles. The average Bonchev–Trinajstić information content (AvgIpc) is 3.32. The first-order chi connectivity index (χ1) is 30.7. The molecule has 6 aromatic carbocycles. The number of sulfonamides is 1. The molecule has 0 radical (unpaired) electrons. The van der Waals surface area contributed by atoms with Gasteiger partial charge in [-0.3, -0.25) is 14.6 Å². The predicted molar refractivity (Wildman–Crippen MR) is 246 cm³/mol. The number of benzene rings is 6. The zero-order valence-corrected chi connectivity index (χ0v) is 36.5. The van der Waals surface area contributed by atoms with Crippen LogP contribution in [0.4, 0.5) is 0 Å². The topological polar surface area (TPSA) is 120 Å². The minimum Gasteiger partial charge on any atom is -0.392 e. The van der Waals surface area contributed by atoms with Crippen molar-refractivity contribution in [3.05, 3.63) is 197 Å². The van der Waals surface area contributed by atoms with Gasteiger partial charge in [-0.15, -0.1) is 0 Å². The summed E-state index contributed by atoms with van der Waals surface area (Å²) in [4.78, 5) is 18.8. The zero-order valence-electron chi connectivity index (χ0n) is 35.7. The lowest BCUT2D eigenvalue weighted by molar-refractivity contribution is -0.253. The number of carbonyl (C=O) groups is 1. The Kier molecular flexibility index (Phi) is 14.6. The number of aliphatic hydroxyl groups excluding tert-OH is 1. The van der Waals surface area contributed by atoms with Gasteiger partial charge in [-0.2, -0.15) is 4.72 Å². The van der Waals surface area contributed by atoms with Crippen LogP contribution in [0.5, 0.6) is 0 Å². The summed E-state index contributed by atoms with van der Waals surface area (Å²) in [6, 6.07) is 49.8. The molecule has 0 spiro atoms. The second-order valence-corrected chi connectivity index (χ2v) is 18.3. The monoisotopic (exact) mass is 864 g/mol. The highest BCUT2D eigenvalue weighted by molar-refractivity contribution is 7.89. The SMILES string of the molecule is Cc1ccc(S(=O)(=O)NC(Cc2ccccc2)C(=O)NCc2cccc(-c3ccc(C4OC(CN5CCN(Cc6ccccc6)CC5)CC(c5ccc(CO)cc5)O4)cc3)c2)cc1. The summed E-state index contributed by atoms with van der Waals surface area (Å²) in [6.45, 7) is 7.86. The Morgan fingerprint density at radius 3 is 2.00 bits per heavy atom. The molecule has 6 aromatic rings. The predicted octanol–water partition coefficient (Wildman–Crippen LogP) is 7.72. The number of aliphatic hydroxyl groups is 1. The van der Waals surface area contributed by atoms with Crippen molar-refractivity contribution in [2.45, 2.75) is 68.9 Å². The summed E-state index contributed by atoms with van der Waals surface area (Å²) in [5.74, 6) is -0.414. The van der Waals surface area contributed by atoms with Crippen LogP contribution in [0.2, 0.25) is 0 Å². The molecule has 2 aliphatic heterocycles. The molecule has 0 aliphatic carbocycles. The fourth-order valence-electron chi connectivity index (χ4n) is 8.31. The van der Waals surface area contributed by atoms with E-state index in [0.717, 1.165) is 90.2 Å². The lowest BCUT2D eigenvalue weighted by Gasteiger charge is -2.40. The number of piperazine rings is 1. The number of amides is 1.